The van der Waals surface area contributed by atoms with Gasteiger partial charge in [-0.15, -0.1) is 0 Å². The molecule has 0 spiro atoms. The average molecular weight is 314 g/mol. The molecule has 3 atom stereocenters. The second-order valence-corrected chi connectivity index (χ2v) is 6.56. The quantitative estimate of drug-likeness (QED) is 0.856. The van der Waals surface area contributed by atoms with Gasteiger partial charge in [-0.05, 0) is 42.2 Å². The first-order valence-corrected chi connectivity index (χ1v) is 8.07. The third-order valence-corrected chi connectivity index (χ3v) is 4.97. The van der Waals surface area contributed by atoms with Gasteiger partial charge in [0.05, 0.1) is 5.56 Å². The van der Waals surface area contributed by atoms with Crippen molar-refractivity contribution in [3.63, 3.8) is 0 Å². The Labute approximate surface area is 127 Å². The molecule has 1 aromatic rings. The number of nitrogens with one attached hydrogen (secondary N) is 1. The lowest BCUT2D eigenvalue weighted by Crippen LogP contribution is -2.43. The minimum atomic E-state index is -2.58. The summed E-state index contributed by atoms with van der Waals surface area (Å²) in [5, 5.41) is 3.08. The lowest BCUT2D eigenvalue weighted by molar-refractivity contribution is 0.0887. The molecule has 0 bridgehead atoms. The van der Waals surface area contributed by atoms with E-state index in [4.69, 9.17) is 0 Å². The van der Waals surface area contributed by atoms with E-state index in [0.717, 1.165) is 12.8 Å². The molecule has 0 aromatic carbocycles. The van der Waals surface area contributed by atoms with Gasteiger partial charge in [-0.3, -0.25) is 4.79 Å². The highest BCUT2D eigenvalue weighted by Gasteiger charge is 2.29. The number of halogens is 2. The van der Waals surface area contributed by atoms with Crippen LogP contribution >= 0.6 is 11.8 Å². The number of nitrogens with zero attached hydrogens (tertiary/aromatic N) is 1. The molecule has 3 nitrogen and oxygen atoms in total. The lowest BCUT2D eigenvalue weighted by Gasteiger charge is -2.34. The van der Waals surface area contributed by atoms with E-state index in [2.05, 4.69) is 24.1 Å². The van der Waals surface area contributed by atoms with E-state index in [0.29, 0.717) is 23.6 Å². The van der Waals surface area contributed by atoms with E-state index >= 15 is 0 Å². The molecule has 1 heterocycles. The lowest BCUT2D eigenvalue weighted by atomic mass is 9.78. The van der Waals surface area contributed by atoms with Gasteiger partial charge in [0.1, 0.15) is 5.03 Å². The summed E-state index contributed by atoms with van der Waals surface area (Å²) < 4.78 is 25.1. The van der Waals surface area contributed by atoms with Crippen molar-refractivity contribution >= 4 is 17.7 Å². The summed E-state index contributed by atoms with van der Waals surface area (Å²) in [5.41, 5.74) is 0.230. The van der Waals surface area contributed by atoms with Crippen LogP contribution in [0.3, 0.4) is 0 Å². The second kappa shape index (κ2) is 7.20. The zero-order chi connectivity index (χ0) is 15.4. The molecule has 1 aliphatic carbocycles. The SMILES string of the molecule is CC1CCCC(NC(=O)c2cccnc2SC(F)F)C1C. The first-order valence-electron chi connectivity index (χ1n) is 7.19. The Morgan fingerprint density at radius 1 is 1.43 bits per heavy atom. The average Bonchev–Trinajstić information content (AvgIpc) is 2.44. The fourth-order valence-corrected chi connectivity index (χ4v) is 3.35. The molecule has 1 aromatic heterocycles. The highest BCUT2D eigenvalue weighted by atomic mass is 32.2. The molecule has 6 heteroatoms. The van der Waals surface area contributed by atoms with Crippen LogP contribution in [-0.4, -0.2) is 22.7 Å². The Morgan fingerprint density at radius 3 is 2.90 bits per heavy atom. The van der Waals surface area contributed by atoms with Crippen molar-refractivity contribution in [1.29, 1.82) is 0 Å². The zero-order valence-corrected chi connectivity index (χ0v) is 13.0. The van der Waals surface area contributed by atoms with E-state index in [1.165, 1.54) is 12.6 Å². The maximum absolute atomic E-state index is 12.5. The van der Waals surface area contributed by atoms with Gasteiger partial charge in [-0.1, -0.05) is 26.7 Å². The van der Waals surface area contributed by atoms with Crippen molar-refractivity contribution in [3.05, 3.63) is 23.9 Å². The van der Waals surface area contributed by atoms with Crippen LogP contribution in [0.4, 0.5) is 8.78 Å². The second-order valence-electron chi connectivity index (χ2n) is 5.58. The Balaban J connectivity index is 2.09. The number of carbonyl (C=O) groups excluding carboxylic acids is 1. The Bertz CT molecular complexity index is 498. The molecule has 0 aliphatic heterocycles. The van der Waals surface area contributed by atoms with Crippen LogP contribution in [0, 0.1) is 11.8 Å². The van der Waals surface area contributed by atoms with E-state index in [9.17, 15) is 13.6 Å². The standard InChI is InChI=1S/C15H20F2N2OS/c1-9-5-3-7-12(10(9)2)19-13(20)11-6-4-8-18-14(11)21-15(16)17/h4,6,8-10,12,15H,3,5,7H2,1-2H3,(H,19,20). The molecule has 1 saturated carbocycles. The fraction of sp³-hybridized carbons (Fsp3) is 0.600. The van der Waals surface area contributed by atoms with Gasteiger partial charge in [0, 0.05) is 12.2 Å². The number of rotatable bonds is 4. The molecule has 116 valence electrons. The summed E-state index contributed by atoms with van der Waals surface area (Å²) in [6, 6.07) is 3.24. The van der Waals surface area contributed by atoms with E-state index in [-0.39, 0.29) is 22.5 Å². The third-order valence-electron chi connectivity index (χ3n) is 4.24. The normalized spacial score (nSPS) is 25.9. The maximum atomic E-state index is 12.5. The number of alkyl halides is 2. The van der Waals surface area contributed by atoms with Crippen LogP contribution in [0.15, 0.2) is 23.4 Å². The first-order chi connectivity index (χ1) is 9.99. The van der Waals surface area contributed by atoms with Crippen molar-refractivity contribution in [3.8, 4) is 0 Å². The monoisotopic (exact) mass is 314 g/mol. The maximum Gasteiger partial charge on any atom is 0.290 e. The van der Waals surface area contributed by atoms with Crippen molar-refractivity contribution in [2.24, 2.45) is 11.8 Å². The molecular formula is C15H20F2N2OS. The molecule has 1 fully saturated rings. The molecule has 0 radical (unpaired) electrons. The van der Waals surface area contributed by atoms with Crippen LogP contribution in [0.25, 0.3) is 0 Å². The molecule has 1 aliphatic rings. The number of amides is 1. The van der Waals surface area contributed by atoms with Gasteiger partial charge in [0.25, 0.3) is 11.7 Å². The van der Waals surface area contributed by atoms with Crippen LogP contribution in [0.1, 0.15) is 43.5 Å². The van der Waals surface area contributed by atoms with Gasteiger partial charge in [-0.2, -0.15) is 8.78 Å². The van der Waals surface area contributed by atoms with E-state index in [1.54, 1.807) is 12.1 Å². The topological polar surface area (TPSA) is 42.0 Å². The summed E-state index contributed by atoms with van der Waals surface area (Å²) in [7, 11) is 0. The third kappa shape index (κ3) is 4.15. The number of aromatic nitrogens is 1. The minimum absolute atomic E-state index is 0.0847. The summed E-state index contributed by atoms with van der Waals surface area (Å²) >= 11 is 0.311. The molecule has 1 N–H and O–H groups in total. The first kappa shape index (κ1) is 16.2. The van der Waals surface area contributed by atoms with Gasteiger partial charge in [0.2, 0.25) is 0 Å². The van der Waals surface area contributed by atoms with Crippen LogP contribution in [0.2, 0.25) is 0 Å². The molecule has 3 unspecified atom stereocenters. The number of carbonyl (C=O) groups is 1. The molecule has 1 amide bonds. The van der Waals surface area contributed by atoms with Gasteiger partial charge in [-0.25, -0.2) is 4.98 Å². The van der Waals surface area contributed by atoms with Crippen LogP contribution in [-0.2, 0) is 0 Å². The van der Waals surface area contributed by atoms with Crippen LogP contribution in [0.5, 0.6) is 0 Å². The predicted octanol–water partition coefficient (Wildman–Crippen LogP) is 3.95. The number of pyridine rings is 1. The van der Waals surface area contributed by atoms with Gasteiger partial charge in [0.15, 0.2) is 0 Å². The predicted molar refractivity (Wildman–Crippen MR) is 79.5 cm³/mol. The fourth-order valence-electron chi connectivity index (χ4n) is 2.77. The minimum Gasteiger partial charge on any atom is -0.349 e. The Morgan fingerprint density at radius 2 is 2.19 bits per heavy atom. The van der Waals surface area contributed by atoms with E-state index < -0.39 is 5.76 Å². The van der Waals surface area contributed by atoms with E-state index in [1.807, 2.05) is 0 Å². The molecular weight excluding hydrogens is 294 g/mol. The van der Waals surface area contributed by atoms with Gasteiger partial charge < -0.3 is 5.32 Å². The largest absolute Gasteiger partial charge is 0.349 e. The highest BCUT2D eigenvalue weighted by Crippen LogP contribution is 2.30. The van der Waals surface area contributed by atoms with Crippen LogP contribution < -0.4 is 5.32 Å². The highest BCUT2D eigenvalue weighted by molar-refractivity contribution is 7.99. The summed E-state index contributed by atoms with van der Waals surface area (Å²) in [5.74, 6) is -1.93. The zero-order valence-electron chi connectivity index (χ0n) is 12.2. The van der Waals surface area contributed by atoms with Crippen molar-refractivity contribution in [2.75, 3.05) is 0 Å². The smallest absolute Gasteiger partial charge is 0.290 e. The molecule has 0 saturated heterocycles. The Hall–Kier alpha value is -1.17. The summed E-state index contributed by atoms with van der Waals surface area (Å²) in [6.07, 6.45) is 4.62. The molecule has 2 rings (SSSR count). The van der Waals surface area contributed by atoms with Crippen molar-refractivity contribution in [1.82, 2.24) is 10.3 Å². The Kier molecular flexibility index (Phi) is 5.56. The van der Waals surface area contributed by atoms with Gasteiger partial charge >= 0.3 is 0 Å². The summed E-state index contributed by atoms with van der Waals surface area (Å²) in [4.78, 5) is 16.2. The number of thioether (sulfide) groups is 1. The number of hydrogen-bond acceptors (Lipinski definition) is 3. The summed E-state index contributed by atoms with van der Waals surface area (Å²) in [6.45, 7) is 4.32. The van der Waals surface area contributed by atoms with Crippen molar-refractivity contribution in [2.45, 2.75) is 49.9 Å². The van der Waals surface area contributed by atoms with Crippen molar-refractivity contribution < 1.29 is 13.6 Å². The molecule has 21 heavy (non-hydrogen) atoms. The number of hydrogen-bond donors (Lipinski definition) is 1.